The van der Waals surface area contributed by atoms with Crippen molar-refractivity contribution in [3.05, 3.63) is 12.7 Å². The minimum absolute atomic E-state index is 0.377. The zero-order chi connectivity index (χ0) is 9.40. The van der Waals surface area contributed by atoms with Crippen molar-refractivity contribution >= 4 is 0 Å². The highest BCUT2D eigenvalue weighted by Gasteiger charge is 2.17. The first-order valence-electron chi connectivity index (χ1n) is 4.06. The minimum atomic E-state index is -1.02. The molecule has 0 amide bonds. The van der Waals surface area contributed by atoms with Crippen LogP contribution < -0.4 is 0 Å². The van der Waals surface area contributed by atoms with Crippen LogP contribution in [0.25, 0.3) is 0 Å². The second-order valence-corrected chi connectivity index (χ2v) is 2.52. The summed E-state index contributed by atoms with van der Waals surface area (Å²) >= 11 is 0. The Morgan fingerprint density at radius 2 is 2.42 bits per heavy atom. The molecule has 0 aliphatic rings. The Hall–Kier alpha value is -0.850. The van der Waals surface area contributed by atoms with E-state index in [2.05, 4.69) is 6.58 Å². The van der Waals surface area contributed by atoms with Gasteiger partial charge in [-0.2, -0.15) is 5.26 Å². The van der Waals surface area contributed by atoms with E-state index < -0.39 is 6.10 Å². The van der Waals surface area contributed by atoms with Gasteiger partial charge in [-0.1, -0.05) is 19.4 Å². The molecule has 0 aromatic rings. The highest BCUT2D eigenvalue weighted by atomic mass is 16.5. The molecule has 0 saturated carbocycles. The van der Waals surface area contributed by atoms with E-state index in [-0.39, 0.29) is 6.10 Å². The van der Waals surface area contributed by atoms with Crippen LogP contribution in [0.3, 0.4) is 0 Å². The van der Waals surface area contributed by atoms with Crippen molar-refractivity contribution < 1.29 is 9.84 Å². The minimum Gasteiger partial charge on any atom is -0.375 e. The molecule has 1 N–H and O–H groups in total. The van der Waals surface area contributed by atoms with Gasteiger partial charge in [-0.15, -0.1) is 6.58 Å². The van der Waals surface area contributed by atoms with Crippen LogP contribution in [0.2, 0.25) is 0 Å². The summed E-state index contributed by atoms with van der Waals surface area (Å²) in [4.78, 5) is 0. The number of hydrogen-bond donors (Lipinski definition) is 1. The molecular formula is C9H15NO2. The van der Waals surface area contributed by atoms with Crippen LogP contribution in [0, 0.1) is 11.3 Å². The van der Waals surface area contributed by atoms with Gasteiger partial charge in [-0.05, 0) is 6.42 Å². The Labute approximate surface area is 73.3 Å². The van der Waals surface area contributed by atoms with Crippen LogP contribution in [-0.2, 0) is 4.74 Å². The average molecular weight is 169 g/mol. The summed E-state index contributed by atoms with van der Waals surface area (Å²) < 4.78 is 5.19. The molecule has 12 heavy (non-hydrogen) atoms. The van der Waals surface area contributed by atoms with Crippen molar-refractivity contribution in [2.75, 3.05) is 6.61 Å². The van der Waals surface area contributed by atoms with E-state index in [0.717, 1.165) is 6.42 Å². The fraction of sp³-hybridized carbons (Fsp3) is 0.667. The van der Waals surface area contributed by atoms with Crippen molar-refractivity contribution in [3.63, 3.8) is 0 Å². The molecule has 0 rings (SSSR count). The first-order valence-corrected chi connectivity index (χ1v) is 4.06. The molecule has 0 fully saturated rings. The van der Waals surface area contributed by atoms with Gasteiger partial charge in [-0.25, -0.2) is 0 Å². The van der Waals surface area contributed by atoms with Gasteiger partial charge in [0.15, 0.2) is 6.10 Å². The Kier molecular flexibility index (Phi) is 6.35. The van der Waals surface area contributed by atoms with Gasteiger partial charge in [0.2, 0.25) is 0 Å². The lowest BCUT2D eigenvalue weighted by atomic mass is 10.1. The van der Waals surface area contributed by atoms with Gasteiger partial charge in [0.25, 0.3) is 0 Å². The van der Waals surface area contributed by atoms with Crippen molar-refractivity contribution in [1.82, 2.24) is 0 Å². The maximum absolute atomic E-state index is 9.16. The van der Waals surface area contributed by atoms with Gasteiger partial charge in [-0.3, -0.25) is 0 Å². The first kappa shape index (κ1) is 11.2. The molecule has 3 heteroatoms. The van der Waals surface area contributed by atoms with E-state index >= 15 is 0 Å². The van der Waals surface area contributed by atoms with Crippen LogP contribution in [0.5, 0.6) is 0 Å². The van der Waals surface area contributed by atoms with Crippen LogP contribution in [0.1, 0.15) is 19.8 Å². The molecule has 2 atom stereocenters. The Morgan fingerprint density at radius 1 is 1.75 bits per heavy atom. The highest BCUT2D eigenvalue weighted by Crippen LogP contribution is 2.06. The largest absolute Gasteiger partial charge is 0.375 e. The van der Waals surface area contributed by atoms with E-state index in [4.69, 9.17) is 15.1 Å². The SMILES string of the molecule is C=CCOC(CCC)[C@@H](O)C#N. The zero-order valence-corrected chi connectivity index (χ0v) is 7.36. The lowest BCUT2D eigenvalue weighted by Crippen LogP contribution is -2.27. The third kappa shape index (κ3) is 4.12. The van der Waals surface area contributed by atoms with Gasteiger partial charge in [0, 0.05) is 0 Å². The second-order valence-electron chi connectivity index (χ2n) is 2.52. The number of ether oxygens (including phenoxy) is 1. The number of aliphatic hydroxyl groups is 1. The number of rotatable bonds is 6. The summed E-state index contributed by atoms with van der Waals surface area (Å²) in [7, 11) is 0. The van der Waals surface area contributed by atoms with Crippen LogP contribution in [0.15, 0.2) is 12.7 Å². The van der Waals surface area contributed by atoms with Crippen LogP contribution in [-0.4, -0.2) is 23.9 Å². The Morgan fingerprint density at radius 3 is 2.83 bits per heavy atom. The van der Waals surface area contributed by atoms with Gasteiger partial charge >= 0.3 is 0 Å². The van der Waals surface area contributed by atoms with Gasteiger partial charge in [0.05, 0.1) is 18.8 Å². The fourth-order valence-corrected chi connectivity index (χ4v) is 0.892. The molecule has 68 valence electrons. The maximum Gasteiger partial charge on any atom is 0.166 e. The third-order valence-corrected chi connectivity index (χ3v) is 1.49. The molecular weight excluding hydrogens is 154 g/mol. The molecule has 0 spiro atoms. The van der Waals surface area contributed by atoms with Crippen LogP contribution >= 0.6 is 0 Å². The molecule has 0 saturated heterocycles. The monoisotopic (exact) mass is 169 g/mol. The van der Waals surface area contributed by atoms with Crippen molar-refractivity contribution in [2.45, 2.75) is 32.0 Å². The Balaban J connectivity index is 3.86. The lowest BCUT2D eigenvalue weighted by Gasteiger charge is -2.16. The molecule has 0 aromatic carbocycles. The first-order chi connectivity index (χ1) is 5.76. The fourth-order valence-electron chi connectivity index (χ4n) is 0.892. The maximum atomic E-state index is 9.16. The normalized spacial score (nSPS) is 14.8. The van der Waals surface area contributed by atoms with E-state index in [1.54, 1.807) is 12.1 Å². The summed E-state index contributed by atoms with van der Waals surface area (Å²) in [5, 5.41) is 17.6. The van der Waals surface area contributed by atoms with Crippen LogP contribution in [0.4, 0.5) is 0 Å². The van der Waals surface area contributed by atoms with E-state index in [1.165, 1.54) is 0 Å². The molecule has 0 aliphatic heterocycles. The Bertz CT molecular complexity index is 162. The van der Waals surface area contributed by atoms with E-state index in [1.807, 2.05) is 6.92 Å². The number of nitriles is 1. The lowest BCUT2D eigenvalue weighted by molar-refractivity contribution is -0.00649. The summed E-state index contributed by atoms with van der Waals surface area (Å²) in [6.45, 7) is 5.85. The molecule has 3 nitrogen and oxygen atoms in total. The van der Waals surface area contributed by atoms with Gasteiger partial charge in [0.1, 0.15) is 0 Å². The summed E-state index contributed by atoms with van der Waals surface area (Å²) in [5.41, 5.74) is 0. The quantitative estimate of drug-likeness (QED) is 0.481. The van der Waals surface area contributed by atoms with E-state index in [9.17, 15) is 0 Å². The van der Waals surface area contributed by atoms with Crippen molar-refractivity contribution in [3.8, 4) is 6.07 Å². The molecule has 0 aromatic heterocycles. The predicted molar refractivity (Wildman–Crippen MR) is 46.5 cm³/mol. The topological polar surface area (TPSA) is 53.2 Å². The molecule has 0 radical (unpaired) electrons. The molecule has 0 bridgehead atoms. The molecule has 0 aliphatic carbocycles. The standard InChI is InChI=1S/C9H15NO2/c1-3-5-9(8(11)7-10)12-6-4-2/h4,8-9,11H,2-3,5-6H2,1H3/t8-,9?/m0/s1. The number of hydrogen-bond acceptors (Lipinski definition) is 3. The van der Waals surface area contributed by atoms with E-state index in [0.29, 0.717) is 13.0 Å². The molecule has 1 unspecified atom stereocenters. The number of nitrogens with zero attached hydrogens (tertiary/aromatic N) is 1. The zero-order valence-electron chi connectivity index (χ0n) is 7.36. The van der Waals surface area contributed by atoms with Gasteiger partial charge < -0.3 is 9.84 Å². The summed E-state index contributed by atoms with van der Waals surface area (Å²) in [5.74, 6) is 0. The van der Waals surface area contributed by atoms with Crippen molar-refractivity contribution in [1.29, 1.82) is 5.26 Å². The smallest absolute Gasteiger partial charge is 0.166 e. The average Bonchev–Trinajstić information content (AvgIpc) is 2.11. The third-order valence-electron chi connectivity index (χ3n) is 1.49. The second kappa shape index (κ2) is 6.84. The van der Waals surface area contributed by atoms with Crippen molar-refractivity contribution in [2.24, 2.45) is 0 Å². The highest BCUT2D eigenvalue weighted by molar-refractivity contribution is 4.89. The molecule has 0 heterocycles. The summed E-state index contributed by atoms with van der Waals surface area (Å²) in [6, 6.07) is 1.75. The summed E-state index contributed by atoms with van der Waals surface area (Å²) in [6.07, 6.45) is 1.79. The predicted octanol–water partition coefficient (Wildman–Crippen LogP) is 1.24. The number of aliphatic hydroxyl groups excluding tert-OH is 1.